The topological polar surface area (TPSA) is 118 Å². The average molecular weight is 701 g/mol. The molecule has 5 rings (SSSR count). The van der Waals surface area contributed by atoms with E-state index in [2.05, 4.69) is 5.32 Å². The first-order valence-electron chi connectivity index (χ1n) is 15.3. The largest absolute Gasteiger partial charge is 0.333 e. The molecule has 0 aliphatic carbocycles. The van der Waals surface area contributed by atoms with Gasteiger partial charge in [-0.25, -0.2) is 18.2 Å². The fourth-order valence-corrected chi connectivity index (χ4v) is 8.32. The molecule has 2 amide bonds. The molecule has 0 saturated carbocycles. The fourth-order valence-electron chi connectivity index (χ4n) is 5.20. The summed E-state index contributed by atoms with van der Waals surface area (Å²) in [5.74, 6) is -0.357. The molecule has 0 spiro atoms. The lowest BCUT2D eigenvalue weighted by molar-refractivity contribution is 0.100. The predicted molar refractivity (Wildman–Crippen MR) is 190 cm³/mol. The Morgan fingerprint density at radius 2 is 1.48 bits per heavy atom. The van der Waals surface area contributed by atoms with E-state index in [1.165, 1.54) is 22.4 Å². The van der Waals surface area contributed by atoms with Crippen LogP contribution in [-0.4, -0.2) is 50.3 Å². The number of hydrogen-bond acceptors (Lipinski definition) is 7. The second kappa shape index (κ2) is 16.1. The summed E-state index contributed by atoms with van der Waals surface area (Å²) in [5.41, 5.74) is 1.99. The smallest absolute Gasteiger partial charge is 0.333 e. The zero-order chi connectivity index (χ0) is 34.1. The number of Topliss-reactive ketones (excluding diaryl/α,β-unsaturated/α-hetero) is 1. The standard InChI is InChI=1S/C36H36N4O5S3/c1-3-15-33-38-35(46-2)34(31(41)25-47(43)29-20-11-6-12-21-29)39(33)26-40(36(42)37-24-27-16-7-4-8-17-27)48(44,45)32-23-14-13-22-30(32)28-18-9-5-10-19-28/h4-14,16-23H,3,15,24-26H2,1-2H3,(H,37,42). The Labute approximate surface area is 287 Å². The number of hydrogen-bond donors (Lipinski definition) is 1. The zero-order valence-electron chi connectivity index (χ0n) is 26.6. The van der Waals surface area contributed by atoms with Crippen LogP contribution in [0.2, 0.25) is 0 Å². The Bertz CT molecular complexity index is 2000. The minimum Gasteiger partial charge on any atom is -0.333 e. The van der Waals surface area contributed by atoms with Crippen LogP contribution < -0.4 is 5.32 Å². The molecule has 1 N–H and O–H groups in total. The molecule has 4 aromatic carbocycles. The number of sulfonamides is 1. The van der Waals surface area contributed by atoms with Crippen LogP contribution in [0.3, 0.4) is 0 Å². The van der Waals surface area contributed by atoms with E-state index in [-0.39, 0.29) is 22.9 Å². The van der Waals surface area contributed by atoms with E-state index in [1.807, 2.05) is 55.5 Å². The van der Waals surface area contributed by atoms with E-state index in [0.717, 1.165) is 9.87 Å². The van der Waals surface area contributed by atoms with E-state index in [1.54, 1.807) is 66.9 Å². The third-order valence-corrected chi connectivity index (χ3v) is 11.3. The van der Waals surface area contributed by atoms with E-state index in [4.69, 9.17) is 4.98 Å². The molecule has 0 aliphatic rings. The molecule has 1 aromatic heterocycles. The minimum absolute atomic E-state index is 0.0636. The van der Waals surface area contributed by atoms with Gasteiger partial charge in [-0.1, -0.05) is 104 Å². The first kappa shape index (κ1) is 34.8. The van der Waals surface area contributed by atoms with Gasteiger partial charge in [0.15, 0.2) is 5.78 Å². The molecule has 9 nitrogen and oxygen atoms in total. The number of thioether (sulfide) groups is 1. The molecule has 12 heteroatoms. The Hall–Kier alpha value is -4.52. The van der Waals surface area contributed by atoms with Crippen LogP contribution in [0.15, 0.2) is 130 Å². The molecule has 248 valence electrons. The molecule has 48 heavy (non-hydrogen) atoms. The number of carbonyl (C=O) groups is 2. The van der Waals surface area contributed by atoms with E-state index in [9.17, 15) is 22.2 Å². The van der Waals surface area contributed by atoms with Crippen LogP contribution in [-0.2, 0) is 40.5 Å². The normalized spacial score (nSPS) is 12.0. The van der Waals surface area contributed by atoms with Gasteiger partial charge in [-0.2, -0.15) is 4.31 Å². The predicted octanol–water partition coefficient (Wildman–Crippen LogP) is 6.77. The summed E-state index contributed by atoms with van der Waals surface area (Å²) in [4.78, 5) is 33.1. The molecule has 0 fully saturated rings. The highest BCUT2D eigenvalue weighted by atomic mass is 32.2. The van der Waals surface area contributed by atoms with Crippen molar-refractivity contribution in [3.63, 3.8) is 0 Å². The van der Waals surface area contributed by atoms with Crippen molar-refractivity contribution in [3.05, 3.63) is 132 Å². The van der Waals surface area contributed by atoms with Gasteiger partial charge in [-0.15, -0.1) is 11.8 Å². The van der Waals surface area contributed by atoms with Gasteiger partial charge in [-0.3, -0.25) is 9.00 Å². The maximum absolute atomic E-state index is 14.7. The maximum atomic E-state index is 14.7. The van der Waals surface area contributed by atoms with Gasteiger partial charge in [0.1, 0.15) is 23.2 Å². The second-order valence-corrected chi connectivity index (χ2v) is 14.9. The van der Waals surface area contributed by atoms with Crippen LogP contribution in [0.1, 0.15) is 35.2 Å². The number of imidazole rings is 1. The van der Waals surface area contributed by atoms with Gasteiger partial charge in [0.2, 0.25) is 0 Å². The Morgan fingerprint density at radius 1 is 0.875 bits per heavy atom. The second-order valence-electron chi connectivity index (χ2n) is 10.8. The lowest BCUT2D eigenvalue weighted by Gasteiger charge is -2.26. The number of aromatic nitrogens is 2. The third-order valence-electron chi connectivity index (χ3n) is 7.54. The van der Waals surface area contributed by atoms with Gasteiger partial charge in [0.25, 0.3) is 10.0 Å². The van der Waals surface area contributed by atoms with E-state index >= 15 is 0 Å². The monoisotopic (exact) mass is 700 g/mol. The summed E-state index contributed by atoms with van der Waals surface area (Å²) in [5, 5.41) is 3.14. The fraction of sp³-hybridized carbons (Fsp3) is 0.194. The third kappa shape index (κ3) is 7.95. The number of urea groups is 1. The molecular formula is C36H36N4O5S3. The van der Waals surface area contributed by atoms with Crippen molar-refractivity contribution in [2.24, 2.45) is 0 Å². The summed E-state index contributed by atoms with van der Waals surface area (Å²) in [6, 6.07) is 32.6. The van der Waals surface area contributed by atoms with Gasteiger partial charge in [-0.05, 0) is 42.0 Å². The number of aryl methyl sites for hydroxylation is 1. The van der Waals surface area contributed by atoms with Crippen molar-refractivity contribution in [2.45, 2.75) is 47.8 Å². The van der Waals surface area contributed by atoms with Crippen LogP contribution in [0.4, 0.5) is 4.79 Å². The van der Waals surface area contributed by atoms with Crippen molar-refractivity contribution < 1.29 is 22.2 Å². The number of ketones is 1. The summed E-state index contributed by atoms with van der Waals surface area (Å²) < 4.78 is 44.8. The number of nitrogens with one attached hydrogen (secondary N) is 1. The number of rotatable bonds is 14. The highest BCUT2D eigenvalue weighted by molar-refractivity contribution is 7.98. The minimum atomic E-state index is -4.52. The highest BCUT2D eigenvalue weighted by Crippen LogP contribution is 2.31. The van der Waals surface area contributed by atoms with Gasteiger partial charge >= 0.3 is 6.03 Å². The van der Waals surface area contributed by atoms with Gasteiger partial charge in [0.05, 0.1) is 21.4 Å². The Morgan fingerprint density at radius 3 is 2.12 bits per heavy atom. The number of nitrogens with zero attached hydrogens (tertiary/aromatic N) is 3. The van der Waals surface area contributed by atoms with Crippen LogP contribution in [0, 0.1) is 0 Å². The average Bonchev–Trinajstić information content (AvgIpc) is 3.47. The first-order valence-corrected chi connectivity index (χ1v) is 19.3. The van der Waals surface area contributed by atoms with Crippen molar-refractivity contribution >= 4 is 44.4 Å². The maximum Gasteiger partial charge on any atom is 0.333 e. The van der Waals surface area contributed by atoms with E-state index < -0.39 is 39.3 Å². The molecular weight excluding hydrogens is 665 g/mol. The van der Waals surface area contributed by atoms with E-state index in [0.29, 0.717) is 39.7 Å². The highest BCUT2D eigenvalue weighted by Gasteiger charge is 2.34. The quantitative estimate of drug-likeness (QED) is 0.100. The number of carbonyl (C=O) groups excluding carboxylic acids is 2. The molecule has 0 saturated heterocycles. The first-order chi connectivity index (χ1) is 23.2. The summed E-state index contributed by atoms with van der Waals surface area (Å²) in [6.45, 7) is 1.50. The molecule has 0 aliphatic heterocycles. The SMILES string of the molecule is CCCc1nc(SC)c(C(=O)CS(=O)c2ccccc2)n1CN(C(=O)NCc1ccccc1)S(=O)(=O)c1ccccc1-c1ccccc1. The van der Waals surface area contributed by atoms with Crippen LogP contribution >= 0.6 is 11.8 Å². The van der Waals surface area contributed by atoms with Crippen LogP contribution in [0.5, 0.6) is 0 Å². The van der Waals surface area contributed by atoms with Crippen LogP contribution in [0.25, 0.3) is 11.1 Å². The zero-order valence-corrected chi connectivity index (χ0v) is 29.1. The van der Waals surface area contributed by atoms with Crippen molar-refractivity contribution in [1.29, 1.82) is 0 Å². The molecule has 1 unspecified atom stereocenters. The number of benzene rings is 4. The lowest BCUT2D eigenvalue weighted by atomic mass is 10.1. The molecule has 1 atom stereocenters. The van der Waals surface area contributed by atoms with Crippen molar-refractivity contribution in [3.8, 4) is 11.1 Å². The molecule has 1 heterocycles. The molecule has 5 aromatic rings. The molecule has 0 bridgehead atoms. The Kier molecular flexibility index (Phi) is 11.6. The van der Waals surface area contributed by atoms with Gasteiger partial charge < -0.3 is 9.88 Å². The summed E-state index contributed by atoms with van der Waals surface area (Å²) in [7, 11) is -6.18. The van der Waals surface area contributed by atoms with Gasteiger partial charge in [0, 0.05) is 23.4 Å². The summed E-state index contributed by atoms with van der Waals surface area (Å²) in [6.07, 6.45) is 2.84. The number of amides is 2. The summed E-state index contributed by atoms with van der Waals surface area (Å²) >= 11 is 1.23. The lowest BCUT2D eigenvalue weighted by Crippen LogP contribution is -2.45. The molecule has 0 radical (unpaired) electrons. The van der Waals surface area contributed by atoms with Crippen molar-refractivity contribution in [2.75, 3.05) is 12.0 Å². The Balaban J connectivity index is 1.60. The van der Waals surface area contributed by atoms with Crippen molar-refractivity contribution in [1.82, 2.24) is 19.2 Å².